The van der Waals surface area contributed by atoms with Crippen LogP contribution in [0.15, 0.2) is 18.2 Å². The normalized spacial score (nSPS) is 27.7. The third kappa shape index (κ3) is 5.31. The summed E-state index contributed by atoms with van der Waals surface area (Å²) in [5.41, 5.74) is -4.74. The van der Waals surface area contributed by atoms with Crippen LogP contribution < -0.4 is 10.1 Å². The topological polar surface area (TPSA) is 209 Å². The first kappa shape index (κ1) is 32.3. The lowest BCUT2D eigenvalue weighted by Crippen LogP contribution is -2.57. The van der Waals surface area contributed by atoms with Crippen molar-refractivity contribution in [3.05, 3.63) is 51.6 Å². The number of carbonyl (C=O) groups is 4. The van der Waals surface area contributed by atoms with E-state index in [1.54, 1.807) is 5.32 Å². The number of methoxy groups -OCH3 is 1. The monoisotopic (exact) mass is 639 g/mol. The van der Waals surface area contributed by atoms with Crippen LogP contribution in [0.4, 0.5) is 13.2 Å². The number of alkyl halides is 3. The first-order valence-corrected chi connectivity index (χ1v) is 13.6. The number of aromatic hydroxyl groups is 2. The number of aliphatic hydroxyl groups is 3. The van der Waals surface area contributed by atoms with Gasteiger partial charge in [-0.05, 0) is 13.0 Å². The number of nitrogens with one attached hydrogen (secondary N) is 1. The maximum absolute atomic E-state index is 13.7. The van der Waals surface area contributed by atoms with Crippen LogP contribution in [0.5, 0.6) is 17.2 Å². The number of carbonyl (C=O) groups excluding carboxylic acids is 4. The molecule has 16 heteroatoms. The first-order chi connectivity index (χ1) is 21.0. The summed E-state index contributed by atoms with van der Waals surface area (Å²) in [7, 11) is 1.25. The Morgan fingerprint density at radius 3 is 2.40 bits per heavy atom. The Balaban J connectivity index is 1.61. The summed E-state index contributed by atoms with van der Waals surface area (Å²) < 4.78 is 55.5. The molecule has 3 aliphatic rings. The van der Waals surface area contributed by atoms with E-state index in [1.165, 1.54) is 32.2 Å². The summed E-state index contributed by atoms with van der Waals surface area (Å²) in [6, 6.07) is 2.60. The summed E-state index contributed by atoms with van der Waals surface area (Å²) in [6.07, 6.45) is -13.3. The van der Waals surface area contributed by atoms with Gasteiger partial charge in [-0.2, -0.15) is 13.2 Å². The number of phenols is 2. The van der Waals surface area contributed by atoms with Crippen molar-refractivity contribution in [1.82, 2.24) is 5.32 Å². The lowest BCUT2D eigenvalue weighted by molar-refractivity contribution is -0.250. The largest absolute Gasteiger partial charge is 0.507 e. The van der Waals surface area contributed by atoms with Crippen molar-refractivity contribution in [1.29, 1.82) is 0 Å². The Labute approximate surface area is 252 Å². The van der Waals surface area contributed by atoms with Crippen molar-refractivity contribution < 1.29 is 72.1 Å². The fraction of sp³-hybridized carbons (Fsp3) is 0.448. The molecule has 1 fully saturated rings. The number of ketones is 3. The molecule has 5 rings (SSSR count). The summed E-state index contributed by atoms with van der Waals surface area (Å²) in [4.78, 5) is 51.5. The zero-order valence-corrected chi connectivity index (χ0v) is 23.7. The van der Waals surface area contributed by atoms with Crippen LogP contribution in [0.3, 0.4) is 0 Å². The molecule has 1 saturated heterocycles. The number of rotatable bonds is 6. The van der Waals surface area contributed by atoms with Gasteiger partial charge in [0.25, 0.3) is 0 Å². The van der Waals surface area contributed by atoms with Crippen molar-refractivity contribution in [2.24, 2.45) is 0 Å². The highest BCUT2D eigenvalue weighted by Crippen LogP contribution is 2.52. The van der Waals surface area contributed by atoms with E-state index in [9.17, 15) is 57.9 Å². The minimum absolute atomic E-state index is 0.000996. The fourth-order valence-corrected chi connectivity index (χ4v) is 6.11. The molecule has 0 aromatic heterocycles. The summed E-state index contributed by atoms with van der Waals surface area (Å²) in [6.45, 7) is 0.123. The van der Waals surface area contributed by atoms with Gasteiger partial charge in [0.1, 0.15) is 35.6 Å². The SMILES string of the molecule is COc1cccc2c1C(=O)c1c(O)c3c(c(O)c1C2=O)C[C@@](O)(C(=O)CO)CC3O[C@H]1C[C@H](NC(=O)C(F)(F)F)[C@H](O)[C@H](C)O1. The zero-order chi connectivity index (χ0) is 33.2. The second-order valence-corrected chi connectivity index (χ2v) is 11.1. The summed E-state index contributed by atoms with van der Waals surface area (Å²) >= 11 is 0. The third-order valence-corrected chi connectivity index (χ3v) is 8.33. The predicted molar refractivity (Wildman–Crippen MR) is 142 cm³/mol. The minimum Gasteiger partial charge on any atom is -0.507 e. The Morgan fingerprint density at radius 1 is 1.11 bits per heavy atom. The number of halogens is 3. The van der Waals surface area contributed by atoms with Crippen LogP contribution in [-0.2, 0) is 25.5 Å². The molecule has 1 aliphatic heterocycles. The van der Waals surface area contributed by atoms with Crippen molar-refractivity contribution in [3.63, 3.8) is 0 Å². The molecule has 13 nitrogen and oxygen atoms in total. The van der Waals surface area contributed by atoms with Gasteiger partial charge >= 0.3 is 12.1 Å². The number of ether oxygens (including phenoxy) is 3. The highest BCUT2D eigenvalue weighted by molar-refractivity contribution is 6.31. The molecule has 0 radical (unpaired) electrons. The lowest BCUT2D eigenvalue weighted by Gasteiger charge is -2.43. The van der Waals surface area contributed by atoms with Gasteiger partial charge in [0.2, 0.25) is 5.78 Å². The number of hydrogen-bond acceptors (Lipinski definition) is 12. The second-order valence-electron chi connectivity index (χ2n) is 11.1. The summed E-state index contributed by atoms with van der Waals surface area (Å²) in [5, 5.41) is 55.8. The molecule has 6 N–H and O–H groups in total. The molecular formula is C29H28F3NO12. The molecule has 45 heavy (non-hydrogen) atoms. The van der Waals surface area contributed by atoms with Gasteiger partial charge in [-0.15, -0.1) is 0 Å². The van der Waals surface area contributed by atoms with Crippen LogP contribution >= 0.6 is 0 Å². The summed E-state index contributed by atoms with van der Waals surface area (Å²) in [5.74, 6) is -6.94. The first-order valence-electron chi connectivity index (χ1n) is 13.6. The molecule has 0 bridgehead atoms. The predicted octanol–water partition coefficient (Wildman–Crippen LogP) is 0.721. The van der Waals surface area contributed by atoms with E-state index in [-0.39, 0.29) is 28.0 Å². The number of amides is 1. The molecule has 0 spiro atoms. The molecule has 1 heterocycles. The lowest BCUT2D eigenvalue weighted by atomic mass is 9.72. The average molecular weight is 640 g/mol. The maximum Gasteiger partial charge on any atom is 0.471 e. The van der Waals surface area contributed by atoms with E-state index in [4.69, 9.17) is 14.2 Å². The molecule has 6 atom stereocenters. The van der Waals surface area contributed by atoms with Gasteiger partial charge in [-0.3, -0.25) is 19.2 Å². The molecule has 2 aromatic rings. The molecular weight excluding hydrogens is 611 g/mol. The van der Waals surface area contributed by atoms with E-state index in [1.807, 2.05) is 0 Å². The Hall–Kier alpha value is -4.09. The van der Waals surface area contributed by atoms with Gasteiger partial charge < -0.3 is 45.1 Å². The zero-order valence-electron chi connectivity index (χ0n) is 23.7. The van der Waals surface area contributed by atoms with E-state index in [0.717, 1.165) is 0 Å². The molecule has 1 amide bonds. The highest BCUT2D eigenvalue weighted by Gasteiger charge is 2.51. The van der Waals surface area contributed by atoms with Crippen molar-refractivity contribution in [2.45, 2.75) is 68.6 Å². The Bertz CT molecular complexity index is 1610. The maximum atomic E-state index is 13.7. The van der Waals surface area contributed by atoms with E-state index < -0.39 is 114 Å². The van der Waals surface area contributed by atoms with Crippen LogP contribution in [0.25, 0.3) is 0 Å². The van der Waals surface area contributed by atoms with E-state index >= 15 is 0 Å². The minimum atomic E-state index is -5.27. The Morgan fingerprint density at radius 2 is 1.78 bits per heavy atom. The van der Waals surface area contributed by atoms with Gasteiger partial charge in [0.05, 0.1) is 42.0 Å². The number of aliphatic hydroxyl groups excluding tert-OH is 2. The molecule has 1 unspecified atom stereocenters. The quantitative estimate of drug-likeness (QED) is 0.206. The average Bonchev–Trinajstić information content (AvgIpc) is 2.98. The van der Waals surface area contributed by atoms with Crippen LogP contribution in [0.1, 0.15) is 68.8 Å². The van der Waals surface area contributed by atoms with Crippen molar-refractivity contribution >= 4 is 23.3 Å². The highest BCUT2D eigenvalue weighted by atomic mass is 19.4. The molecule has 2 aliphatic carbocycles. The number of phenolic OH excluding ortho intramolecular Hbond substituents is 2. The fourth-order valence-electron chi connectivity index (χ4n) is 6.11. The van der Waals surface area contributed by atoms with Crippen molar-refractivity contribution in [2.75, 3.05) is 13.7 Å². The molecule has 242 valence electrons. The van der Waals surface area contributed by atoms with Gasteiger partial charge in [-0.25, -0.2) is 0 Å². The Kier molecular flexibility index (Phi) is 8.16. The number of Topliss-reactive ketones (excluding diaryl/α,β-unsaturated/α-hetero) is 1. The van der Waals surface area contributed by atoms with E-state index in [2.05, 4.69) is 0 Å². The van der Waals surface area contributed by atoms with Gasteiger partial charge in [-0.1, -0.05) is 12.1 Å². The van der Waals surface area contributed by atoms with Crippen LogP contribution in [0.2, 0.25) is 0 Å². The van der Waals surface area contributed by atoms with Crippen LogP contribution in [-0.4, -0.2) is 98.8 Å². The molecule has 2 aromatic carbocycles. The standard InChI is InChI=1S/C29H28F3NO12/c1-10-22(36)13(33-27(41)29(30,31)32)6-17(44-10)45-15-8-28(42,16(35)9-34)7-12-19(15)26(40)21-20(24(12)38)23(37)11-4-3-5-14(43-2)18(11)25(21)39/h3-5,10,13,15,17,22,34,36,38,40,42H,6-9H2,1-2H3,(H,33,41)/t10-,13-,15?,17-,22+,28-/m0/s1. The third-order valence-electron chi connectivity index (χ3n) is 8.33. The number of benzene rings is 2. The smallest absolute Gasteiger partial charge is 0.471 e. The molecule has 0 saturated carbocycles. The second kappa shape index (κ2) is 11.4. The van der Waals surface area contributed by atoms with Crippen molar-refractivity contribution in [3.8, 4) is 17.2 Å². The van der Waals surface area contributed by atoms with Gasteiger partial charge in [0, 0.05) is 36.0 Å². The van der Waals surface area contributed by atoms with Gasteiger partial charge in [0.15, 0.2) is 17.9 Å². The number of fused-ring (bicyclic) bond motifs is 3. The van der Waals surface area contributed by atoms with E-state index in [0.29, 0.717) is 0 Å². The number of hydrogen-bond donors (Lipinski definition) is 6. The van der Waals surface area contributed by atoms with Crippen LogP contribution in [0, 0.1) is 0 Å².